The fourth-order valence-electron chi connectivity index (χ4n) is 1.63. The first-order valence-corrected chi connectivity index (χ1v) is 6.38. The number of carbonyl (C=O) groups excluding carboxylic acids is 2. The molecule has 0 aliphatic heterocycles. The summed E-state index contributed by atoms with van der Waals surface area (Å²) >= 11 is 0. The maximum Gasteiger partial charge on any atom is 0.295 e. The number of hydrogen-bond acceptors (Lipinski definition) is 4. The van der Waals surface area contributed by atoms with E-state index in [0.717, 1.165) is 18.2 Å². The highest BCUT2D eigenvalue weighted by Gasteiger charge is 2.22. The van der Waals surface area contributed by atoms with Crippen molar-refractivity contribution in [2.45, 2.75) is 4.90 Å². The number of rotatable bonds is 2. The van der Waals surface area contributed by atoms with Gasteiger partial charge in [0.25, 0.3) is 10.1 Å². The van der Waals surface area contributed by atoms with Gasteiger partial charge in [0.15, 0.2) is 11.6 Å². The lowest BCUT2D eigenvalue weighted by Crippen LogP contribution is -2.10. The zero-order valence-electron chi connectivity index (χ0n) is 9.03. The van der Waals surface area contributed by atoms with E-state index in [-0.39, 0.29) is 11.1 Å². The van der Waals surface area contributed by atoms with Gasteiger partial charge in [0, 0.05) is 11.1 Å². The van der Waals surface area contributed by atoms with E-state index in [9.17, 15) is 18.0 Å². The van der Waals surface area contributed by atoms with Gasteiger partial charge in [0.2, 0.25) is 0 Å². The maximum absolute atomic E-state index is 11.6. The number of benzene rings is 1. The molecular formula is C12H8O5S. The van der Waals surface area contributed by atoms with Gasteiger partial charge in [0.05, 0.1) is 0 Å². The van der Waals surface area contributed by atoms with Crippen LogP contribution in [-0.4, -0.2) is 24.5 Å². The molecule has 0 saturated carbocycles. The van der Waals surface area contributed by atoms with Crippen molar-refractivity contribution in [3.05, 3.63) is 48.1 Å². The zero-order chi connectivity index (χ0) is 13.3. The van der Waals surface area contributed by atoms with E-state index in [0.29, 0.717) is 0 Å². The Morgan fingerprint density at radius 3 is 2.33 bits per heavy atom. The normalized spacial score (nSPS) is 15.7. The summed E-state index contributed by atoms with van der Waals surface area (Å²) in [6.45, 7) is 0. The van der Waals surface area contributed by atoms with Crippen LogP contribution < -0.4 is 0 Å². The van der Waals surface area contributed by atoms with E-state index in [1.807, 2.05) is 0 Å². The van der Waals surface area contributed by atoms with Gasteiger partial charge in [-0.2, -0.15) is 8.42 Å². The first kappa shape index (κ1) is 12.4. The summed E-state index contributed by atoms with van der Waals surface area (Å²) in [5.41, 5.74) is -0.0292. The molecule has 1 aliphatic carbocycles. The fourth-order valence-corrected chi connectivity index (χ4v) is 2.34. The molecule has 0 amide bonds. The monoisotopic (exact) mass is 264 g/mol. The molecule has 5 nitrogen and oxygen atoms in total. The highest BCUT2D eigenvalue weighted by molar-refractivity contribution is 7.86. The Balaban J connectivity index is 2.67. The molecule has 0 unspecified atom stereocenters. The third-order valence-electron chi connectivity index (χ3n) is 2.41. The molecule has 1 aromatic rings. The minimum Gasteiger partial charge on any atom is -0.290 e. The highest BCUT2D eigenvalue weighted by atomic mass is 32.2. The van der Waals surface area contributed by atoms with Crippen LogP contribution in [0.2, 0.25) is 0 Å². The van der Waals surface area contributed by atoms with Crippen LogP contribution in [0.5, 0.6) is 0 Å². The molecule has 1 aromatic carbocycles. The largest absolute Gasteiger partial charge is 0.295 e. The van der Waals surface area contributed by atoms with Crippen molar-refractivity contribution in [3.8, 4) is 0 Å². The molecule has 0 radical (unpaired) electrons. The van der Waals surface area contributed by atoms with Gasteiger partial charge in [0.1, 0.15) is 4.90 Å². The Morgan fingerprint density at radius 2 is 1.67 bits per heavy atom. The van der Waals surface area contributed by atoms with E-state index in [1.165, 1.54) is 24.3 Å². The predicted octanol–water partition coefficient (Wildman–Crippen LogP) is 1.02. The minimum absolute atomic E-state index is 0.0164. The van der Waals surface area contributed by atoms with Gasteiger partial charge in [-0.1, -0.05) is 18.2 Å². The standard InChI is InChI=1S/C12H8O5S/c13-8-5-6-11(14)10(7-8)9-3-1-2-4-12(9)18(15,16)17/h1-7H,(H,15,16,17). The predicted molar refractivity (Wildman–Crippen MR) is 63.4 cm³/mol. The Morgan fingerprint density at radius 1 is 1.00 bits per heavy atom. The quantitative estimate of drug-likeness (QED) is 0.636. The van der Waals surface area contributed by atoms with Crippen LogP contribution in [0.15, 0.2) is 47.4 Å². The summed E-state index contributed by atoms with van der Waals surface area (Å²) in [7, 11) is -4.45. The number of hydrogen-bond donors (Lipinski definition) is 1. The molecule has 92 valence electrons. The molecule has 0 bridgehead atoms. The molecule has 0 spiro atoms. The molecule has 2 rings (SSSR count). The Bertz CT molecular complexity index is 695. The summed E-state index contributed by atoms with van der Waals surface area (Å²) in [5.74, 6) is -0.888. The van der Waals surface area contributed by atoms with E-state index in [1.54, 1.807) is 0 Å². The van der Waals surface area contributed by atoms with Crippen LogP contribution in [0, 0.1) is 0 Å². The van der Waals surface area contributed by atoms with Gasteiger partial charge >= 0.3 is 0 Å². The lowest BCUT2D eigenvalue weighted by Gasteiger charge is -2.10. The van der Waals surface area contributed by atoms with Gasteiger partial charge < -0.3 is 0 Å². The lowest BCUT2D eigenvalue weighted by molar-refractivity contribution is -0.113. The van der Waals surface area contributed by atoms with Crippen LogP contribution in [0.4, 0.5) is 0 Å². The van der Waals surface area contributed by atoms with Gasteiger partial charge in [-0.3, -0.25) is 14.1 Å². The van der Waals surface area contributed by atoms with E-state index in [4.69, 9.17) is 4.55 Å². The van der Waals surface area contributed by atoms with Crippen molar-refractivity contribution in [2.75, 3.05) is 0 Å². The molecule has 18 heavy (non-hydrogen) atoms. The first-order chi connectivity index (χ1) is 8.39. The fraction of sp³-hybridized carbons (Fsp3) is 0. The van der Waals surface area contributed by atoms with Crippen LogP contribution in [0.1, 0.15) is 5.56 Å². The molecule has 0 atom stereocenters. The molecule has 1 aliphatic rings. The van der Waals surface area contributed by atoms with E-state index >= 15 is 0 Å². The SMILES string of the molecule is O=C1C=CC(=O)C(c2ccccc2S(=O)(=O)O)=C1. The maximum atomic E-state index is 11.6. The van der Waals surface area contributed by atoms with Crippen LogP contribution >= 0.6 is 0 Å². The van der Waals surface area contributed by atoms with Crippen molar-refractivity contribution in [1.82, 2.24) is 0 Å². The topological polar surface area (TPSA) is 88.5 Å². The summed E-state index contributed by atoms with van der Waals surface area (Å²) in [4.78, 5) is 22.5. The number of ketones is 2. The number of allylic oxidation sites excluding steroid dienone is 4. The van der Waals surface area contributed by atoms with E-state index in [2.05, 4.69) is 0 Å². The summed E-state index contributed by atoms with van der Waals surface area (Å²) in [5, 5.41) is 0. The molecule has 0 fully saturated rings. The molecule has 1 N–H and O–H groups in total. The molecule has 0 saturated heterocycles. The van der Waals surface area contributed by atoms with Crippen molar-refractivity contribution in [3.63, 3.8) is 0 Å². The third-order valence-corrected chi connectivity index (χ3v) is 3.32. The average Bonchev–Trinajstić information content (AvgIpc) is 2.31. The Labute approximate surface area is 103 Å². The summed E-state index contributed by atoms with van der Waals surface area (Å²) in [6.07, 6.45) is 3.21. The number of carbonyl (C=O) groups is 2. The molecule has 6 heteroatoms. The summed E-state index contributed by atoms with van der Waals surface area (Å²) in [6, 6.07) is 5.46. The third kappa shape index (κ3) is 2.29. The van der Waals surface area contributed by atoms with Gasteiger partial charge in [-0.15, -0.1) is 0 Å². The van der Waals surface area contributed by atoms with Gasteiger partial charge in [-0.25, -0.2) is 0 Å². The second-order valence-corrected chi connectivity index (χ2v) is 5.02. The molecule has 0 aromatic heterocycles. The smallest absolute Gasteiger partial charge is 0.290 e. The Kier molecular flexibility index (Phi) is 2.98. The van der Waals surface area contributed by atoms with Crippen molar-refractivity contribution in [1.29, 1.82) is 0 Å². The average molecular weight is 264 g/mol. The van der Waals surface area contributed by atoms with Crippen molar-refractivity contribution < 1.29 is 22.6 Å². The van der Waals surface area contributed by atoms with Crippen LogP contribution in [-0.2, 0) is 19.7 Å². The lowest BCUT2D eigenvalue weighted by atomic mass is 9.96. The minimum atomic E-state index is -4.45. The summed E-state index contributed by atoms with van der Waals surface area (Å²) < 4.78 is 31.5. The second kappa shape index (κ2) is 4.32. The zero-order valence-corrected chi connectivity index (χ0v) is 9.85. The van der Waals surface area contributed by atoms with E-state index < -0.39 is 26.6 Å². The second-order valence-electron chi connectivity index (χ2n) is 3.63. The Hall–Kier alpha value is -2.05. The highest BCUT2D eigenvalue weighted by Crippen LogP contribution is 2.25. The molecule has 0 heterocycles. The van der Waals surface area contributed by atoms with Crippen LogP contribution in [0.3, 0.4) is 0 Å². The van der Waals surface area contributed by atoms with Crippen LogP contribution in [0.25, 0.3) is 5.57 Å². The molecular weight excluding hydrogens is 256 g/mol. The van der Waals surface area contributed by atoms with Crippen molar-refractivity contribution >= 4 is 27.3 Å². The van der Waals surface area contributed by atoms with Crippen molar-refractivity contribution in [2.24, 2.45) is 0 Å². The first-order valence-electron chi connectivity index (χ1n) is 4.94. The van der Waals surface area contributed by atoms with Gasteiger partial charge in [-0.05, 0) is 24.3 Å².